The third-order valence-corrected chi connectivity index (χ3v) is 2.98. The maximum absolute atomic E-state index is 5.99. The highest BCUT2D eigenvalue weighted by molar-refractivity contribution is 6.33. The van der Waals surface area contributed by atoms with Crippen LogP contribution in [0.2, 0.25) is 5.02 Å². The van der Waals surface area contributed by atoms with E-state index in [4.69, 9.17) is 17.3 Å². The maximum atomic E-state index is 5.99. The number of halogens is 1. The minimum absolute atomic E-state index is 0.559. The molecule has 2 aromatic carbocycles. The van der Waals surface area contributed by atoms with Crippen LogP contribution in [0.25, 0.3) is 0 Å². The SMILES string of the molecule is CN(C)c1cccc(Nc2ccc(N)c(Cl)c2)c1. The fourth-order valence-corrected chi connectivity index (χ4v) is 1.81. The Morgan fingerprint density at radius 1 is 1.06 bits per heavy atom. The Kier molecular flexibility index (Phi) is 3.63. The lowest BCUT2D eigenvalue weighted by atomic mass is 10.2. The lowest BCUT2D eigenvalue weighted by molar-refractivity contribution is 1.13. The number of nitrogens with one attached hydrogen (secondary N) is 1. The van der Waals surface area contributed by atoms with Gasteiger partial charge in [0.1, 0.15) is 0 Å². The van der Waals surface area contributed by atoms with Crippen LogP contribution in [0, 0.1) is 0 Å². The molecule has 0 atom stereocenters. The highest BCUT2D eigenvalue weighted by atomic mass is 35.5. The lowest BCUT2D eigenvalue weighted by Crippen LogP contribution is -2.08. The van der Waals surface area contributed by atoms with Crippen molar-refractivity contribution in [3.8, 4) is 0 Å². The van der Waals surface area contributed by atoms with Gasteiger partial charge in [-0.25, -0.2) is 0 Å². The van der Waals surface area contributed by atoms with Gasteiger partial charge in [-0.05, 0) is 36.4 Å². The van der Waals surface area contributed by atoms with Gasteiger partial charge in [0.25, 0.3) is 0 Å². The fraction of sp³-hybridized carbons (Fsp3) is 0.143. The first-order valence-corrected chi connectivity index (χ1v) is 6.03. The van der Waals surface area contributed by atoms with Crippen LogP contribution in [0.5, 0.6) is 0 Å². The Morgan fingerprint density at radius 2 is 1.78 bits per heavy atom. The number of benzene rings is 2. The second-order valence-corrected chi connectivity index (χ2v) is 4.71. The van der Waals surface area contributed by atoms with Gasteiger partial charge in [-0.15, -0.1) is 0 Å². The van der Waals surface area contributed by atoms with Crippen molar-refractivity contribution in [3.05, 3.63) is 47.5 Å². The molecule has 3 N–H and O–H groups in total. The number of rotatable bonds is 3. The standard InChI is InChI=1S/C14H16ClN3/c1-18(2)12-5-3-4-10(8-12)17-11-6-7-14(16)13(15)9-11/h3-9,17H,16H2,1-2H3. The molecular weight excluding hydrogens is 246 g/mol. The number of nitrogens with two attached hydrogens (primary N) is 1. The van der Waals surface area contributed by atoms with Crippen molar-refractivity contribution in [1.29, 1.82) is 0 Å². The molecule has 0 radical (unpaired) electrons. The van der Waals surface area contributed by atoms with Gasteiger partial charge in [-0.1, -0.05) is 17.7 Å². The second kappa shape index (κ2) is 5.19. The van der Waals surface area contributed by atoms with Crippen LogP contribution in [0.3, 0.4) is 0 Å². The number of nitrogens with zero attached hydrogens (tertiary/aromatic N) is 1. The van der Waals surface area contributed by atoms with Gasteiger partial charge in [0.05, 0.1) is 10.7 Å². The van der Waals surface area contributed by atoms with Gasteiger partial charge < -0.3 is 16.0 Å². The van der Waals surface area contributed by atoms with Crippen molar-refractivity contribution in [3.63, 3.8) is 0 Å². The Labute approximate surface area is 112 Å². The predicted octanol–water partition coefficient (Wildman–Crippen LogP) is 3.73. The summed E-state index contributed by atoms with van der Waals surface area (Å²) in [4.78, 5) is 2.06. The van der Waals surface area contributed by atoms with Gasteiger partial charge in [-0.3, -0.25) is 0 Å². The Balaban J connectivity index is 2.23. The first-order chi connectivity index (χ1) is 8.56. The Morgan fingerprint density at radius 3 is 2.44 bits per heavy atom. The maximum Gasteiger partial charge on any atom is 0.0656 e. The number of hydrogen-bond donors (Lipinski definition) is 2. The minimum Gasteiger partial charge on any atom is -0.398 e. The molecular formula is C14H16ClN3. The van der Waals surface area contributed by atoms with E-state index >= 15 is 0 Å². The molecule has 18 heavy (non-hydrogen) atoms. The van der Waals surface area contributed by atoms with E-state index in [1.807, 2.05) is 38.4 Å². The Bertz CT molecular complexity index is 552. The molecule has 2 aromatic rings. The molecule has 94 valence electrons. The van der Waals surface area contributed by atoms with E-state index in [1.54, 1.807) is 6.07 Å². The topological polar surface area (TPSA) is 41.3 Å². The third kappa shape index (κ3) is 2.87. The van der Waals surface area contributed by atoms with E-state index in [1.165, 1.54) is 0 Å². The normalized spacial score (nSPS) is 10.2. The minimum atomic E-state index is 0.559. The summed E-state index contributed by atoms with van der Waals surface area (Å²) in [6.45, 7) is 0. The van der Waals surface area contributed by atoms with Crippen LogP contribution in [0.15, 0.2) is 42.5 Å². The van der Waals surface area contributed by atoms with Crippen molar-refractivity contribution >= 4 is 34.4 Å². The third-order valence-electron chi connectivity index (χ3n) is 2.65. The largest absolute Gasteiger partial charge is 0.398 e. The average molecular weight is 262 g/mol. The van der Waals surface area contributed by atoms with Crippen molar-refractivity contribution in [2.24, 2.45) is 0 Å². The molecule has 0 spiro atoms. The summed E-state index contributed by atoms with van der Waals surface area (Å²) in [7, 11) is 4.03. The number of hydrogen-bond acceptors (Lipinski definition) is 3. The van der Waals surface area contributed by atoms with Crippen molar-refractivity contribution in [2.75, 3.05) is 30.0 Å². The molecule has 0 aromatic heterocycles. The fourth-order valence-electron chi connectivity index (χ4n) is 1.63. The summed E-state index contributed by atoms with van der Waals surface area (Å²) in [5, 5.41) is 3.86. The summed E-state index contributed by atoms with van der Waals surface area (Å²) < 4.78 is 0. The zero-order valence-electron chi connectivity index (χ0n) is 10.4. The van der Waals surface area contributed by atoms with E-state index in [0.29, 0.717) is 10.7 Å². The van der Waals surface area contributed by atoms with Gasteiger partial charge in [0.15, 0.2) is 0 Å². The molecule has 4 heteroatoms. The number of nitrogen functional groups attached to an aromatic ring is 1. The van der Waals surface area contributed by atoms with Gasteiger partial charge in [0.2, 0.25) is 0 Å². The first kappa shape index (κ1) is 12.6. The van der Waals surface area contributed by atoms with Crippen LogP contribution < -0.4 is 16.0 Å². The molecule has 0 fully saturated rings. The molecule has 0 heterocycles. The molecule has 0 aliphatic carbocycles. The molecule has 0 bridgehead atoms. The highest BCUT2D eigenvalue weighted by Crippen LogP contribution is 2.26. The predicted molar refractivity (Wildman–Crippen MR) is 79.9 cm³/mol. The van der Waals surface area contributed by atoms with Gasteiger partial charge >= 0.3 is 0 Å². The van der Waals surface area contributed by atoms with Crippen molar-refractivity contribution in [2.45, 2.75) is 0 Å². The van der Waals surface area contributed by atoms with Crippen LogP contribution in [0.1, 0.15) is 0 Å². The first-order valence-electron chi connectivity index (χ1n) is 5.66. The highest BCUT2D eigenvalue weighted by Gasteiger charge is 2.01. The zero-order chi connectivity index (χ0) is 13.1. The number of anilines is 4. The summed E-state index contributed by atoms with van der Waals surface area (Å²) >= 11 is 5.99. The van der Waals surface area contributed by atoms with E-state index < -0.39 is 0 Å². The van der Waals surface area contributed by atoms with Crippen LogP contribution in [-0.2, 0) is 0 Å². The summed E-state index contributed by atoms with van der Waals surface area (Å²) in [5.41, 5.74) is 9.34. The van der Waals surface area contributed by atoms with Gasteiger partial charge in [-0.2, -0.15) is 0 Å². The lowest BCUT2D eigenvalue weighted by Gasteiger charge is -2.14. The van der Waals surface area contributed by atoms with E-state index in [-0.39, 0.29) is 0 Å². The van der Waals surface area contributed by atoms with Crippen molar-refractivity contribution in [1.82, 2.24) is 0 Å². The van der Waals surface area contributed by atoms with Gasteiger partial charge in [0, 0.05) is 31.2 Å². The smallest absolute Gasteiger partial charge is 0.0656 e. The monoisotopic (exact) mass is 261 g/mol. The van der Waals surface area contributed by atoms with Crippen LogP contribution in [-0.4, -0.2) is 14.1 Å². The zero-order valence-corrected chi connectivity index (χ0v) is 11.2. The van der Waals surface area contributed by atoms with Crippen LogP contribution >= 0.6 is 11.6 Å². The van der Waals surface area contributed by atoms with E-state index in [9.17, 15) is 0 Å². The van der Waals surface area contributed by atoms with Crippen molar-refractivity contribution < 1.29 is 0 Å². The molecule has 0 aliphatic heterocycles. The summed E-state index contributed by atoms with van der Waals surface area (Å²) in [6, 6.07) is 13.7. The van der Waals surface area contributed by atoms with E-state index in [2.05, 4.69) is 22.3 Å². The van der Waals surface area contributed by atoms with E-state index in [0.717, 1.165) is 17.1 Å². The Hall–Kier alpha value is -1.87. The molecule has 0 saturated carbocycles. The summed E-state index contributed by atoms with van der Waals surface area (Å²) in [6.07, 6.45) is 0. The molecule has 3 nitrogen and oxygen atoms in total. The molecule has 0 unspecified atom stereocenters. The molecule has 0 aliphatic rings. The molecule has 2 rings (SSSR count). The quantitative estimate of drug-likeness (QED) is 0.827. The molecule has 0 amide bonds. The molecule has 0 saturated heterocycles. The average Bonchev–Trinajstić information content (AvgIpc) is 2.34. The van der Waals surface area contributed by atoms with Crippen LogP contribution in [0.4, 0.5) is 22.7 Å². The summed E-state index contributed by atoms with van der Waals surface area (Å²) in [5.74, 6) is 0. The second-order valence-electron chi connectivity index (χ2n) is 4.31.